The summed E-state index contributed by atoms with van der Waals surface area (Å²) in [4.78, 5) is 0.495. The third-order valence-corrected chi connectivity index (χ3v) is 3.52. The Morgan fingerprint density at radius 1 is 1.11 bits per heavy atom. The Balaban J connectivity index is 2.01. The molecule has 0 spiro atoms. The number of phenols is 1. The number of nitrogens with one attached hydrogen (secondary N) is 1. The van der Waals surface area contributed by atoms with E-state index in [1.165, 1.54) is 6.07 Å². The number of aryl methyl sites for hydroxylation is 2. The Morgan fingerprint density at radius 2 is 1.79 bits per heavy atom. The number of aromatic hydroxyl groups is 1. The molecule has 2 N–H and O–H groups in total. The van der Waals surface area contributed by atoms with E-state index < -0.39 is 11.1 Å². The van der Waals surface area contributed by atoms with Gasteiger partial charge >= 0.3 is 0 Å². The highest BCUT2D eigenvalue weighted by atomic mass is 32.2. The lowest BCUT2D eigenvalue weighted by Gasteiger charge is -2.07. The first-order valence-corrected chi connectivity index (χ1v) is 6.85. The van der Waals surface area contributed by atoms with E-state index in [1.807, 2.05) is 31.2 Å². The number of hydrogen-bond acceptors (Lipinski definition) is 4. The maximum absolute atomic E-state index is 11.9. The van der Waals surface area contributed by atoms with Crippen LogP contribution in [0.3, 0.4) is 0 Å². The summed E-state index contributed by atoms with van der Waals surface area (Å²) >= 11 is -1.63. The lowest BCUT2D eigenvalue weighted by atomic mass is 10.2. The molecular formula is C14H15NO3S. The second-order valence-corrected chi connectivity index (χ2v) is 5.34. The molecule has 0 fully saturated rings. The third-order valence-electron chi connectivity index (χ3n) is 2.65. The normalized spacial score (nSPS) is 12.1. The van der Waals surface area contributed by atoms with Crippen molar-refractivity contribution in [1.82, 2.24) is 0 Å². The molecule has 0 aromatic heterocycles. The molecule has 0 aliphatic carbocycles. The van der Waals surface area contributed by atoms with Gasteiger partial charge in [-0.1, -0.05) is 17.7 Å². The fourth-order valence-corrected chi connectivity index (χ4v) is 2.21. The molecule has 0 heterocycles. The number of anilines is 1. The van der Waals surface area contributed by atoms with E-state index in [9.17, 15) is 9.32 Å². The molecule has 0 radical (unpaired) electrons. The smallest absolute Gasteiger partial charge is 0.212 e. The molecule has 4 nitrogen and oxygen atoms in total. The van der Waals surface area contributed by atoms with Gasteiger partial charge in [-0.25, -0.2) is 4.21 Å². The first-order valence-electron chi connectivity index (χ1n) is 5.77. The predicted molar refractivity (Wildman–Crippen MR) is 75.1 cm³/mol. The van der Waals surface area contributed by atoms with Crippen LogP contribution >= 0.6 is 0 Å². The largest absolute Gasteiger partial charge is 0.508 e. The minimum Gasteiger partial charge on any atom is -0.508 e. The van der Waals surface area contributed by atoms with Crippen LogP contribution < -0.4 is 5.48 Å². The second kappa shape index (κ2) is 5.86. The SMILES string of the molecule is Cc1ccc(NOS(=O)c2ccc(O)c(C)c2)cc1. The zero-order valence-corrected chi connectivity index (χ0v) is 11.5. The molecule has 0 aliphatic heterocycles. The van der Waals surface area contributed by atoms with Crippen LogP contribution in [0.5, 0.6) is 5.75 Å². The summed E-state index contributed by atoms with van der Waals surface area (Å²) in [6.07, 6.45) is 0. The van der Waals surface area contributed by atoms with E-state index in [-0.39, 0.29) is 5.75 Å². The standard InChI is InChI=1S/C14H15NO3S/c1-10-3-5-12(6-4-10)15-18-19(17)13-7-8-14(16)11(2)9-13/h3-9,15-16H,1-2H3. The van der Waals surface area contributed by atoms with Crippen molar-refractivity contribution in [1.29, 1.82) is 0 Å². The Labute approximate surface area is 114 Å². The third kappa shape index (κ3) is 3.56. The molecule has 0 saturated carbocycles. The second-order valence-electron chi connectivity index (χ2n) is 4.23. The monoisotopic (exact) mass is 277 g/mol. The van der Waals surface area contributed by atoms with Gasteiger partial charge < -0.3 is 5.11 Å². The average Bonchev–Trinajstić information content (AvgIpc) is 2.41. The molecule has 0 amide bonds. The molecule has 1 atom stereocenters. The molecule has 0 bridgehead atoms. The van der Waals surface area contributed by atoms with E-state index in [1.54, 1.807) is 19.1 Å². The summed E-state index contributed by atoms with van der Waals surface area (Å²) in [6.45, 7) is 3.73. The maximum Gasteiger partial charge on any atom is 0.212 e. The quantitative estimate of drug-likeness (QED) is 0.843. The summed E-state index contributed by atoms with van der Waals surface area (Å²) in [6, 6.07) is 12.2. The minimum atomic E-state index is -1.63. The highest BCUT2D eigenvalue weighted by molar-refractivity contribution is 7.80. The van der Waals surface area contributed by atoms with Crippen molar-refractivity contribution in [3.63, 3.8) is 0 Å². The van der Waals surface area contributed by atoms with Crippen LogP contribution in [0, 0.1) is 13.8 Å². The highest BCUT2D eigenvalue weighted by Crippen LogP contribution is 2.20. The van der Waals surface area contributed by atoms with E-state index in [4.69, 9.17) is 4.28 Å². The molecule has 2 aromatic rings. The van der Waals surface area contributed by atoms with Crippen LogP contribution in [0.4, 0.5) is 5.69 Å². The van der Waals surface area contributed by atoms with Crippen LogP contribution in [0.25, 0.3) is 0 Å². The average molecular weight is 277 g/mol. The van der Waals surface area contributed by atoms with Crippen molar-refractivity contribution in [2.75, 3.05) is 5.48 Å². The fourth-order valence-electron chi connectivity index (χ4n) is 1.49. The number of benzene rings is 2. The van der Waals surface area contributed by atoms with Crippen molar-refractivity contribution in [3.05, 3.63) is 53.6 Å². The van der Waals surface area contributed by atoms with Gasteiger partial charge in [0.25, 0.3) is 0 Å². The fraction of sp³-hybridized carbons (Fsp3) is 0.143. The van der Waals surface area contributed by atoms with Crippen LogP contribution in [-0.2, 0) is 15.4 Å². The van der Waals surface area contributed by atoms with E-state index >= 15 is 0 Å². The lowest BCUT2D eigenvalue weighted by molar-refractivity contribution is 0.435. The minimum absolute atomic E-state index is 0.173. The predicted octanol–water partition coefficient (Wildman–Crippen LogP) is 3.08. The molecule has 0 aliphatic rings. The molecule has 100 valence electrons. The van der Waals surface area contributed by atoms with Crippen LogP contribution in [0.2, 0.25) is 0 Å². The van der Waals surface area contributed by atoms with Gasteiger partial charge in [0, 0.05) is 0 Å². The van der Waals surface area contributed by atoms with Gasteiger partial charge in [0.2, 0.25) is 11.1 Å². The van der Waals surface area contributed by atoms with Crippen molar-refractivity contribution in [3.8, 4) is 5.75 Å². The van der Waals surface area contributed by atoms with Gasteiger partial charge in [0.1, 0.15) is 5.75 Å². The zero-order valence-electron chi connectivity index (χ0n) is 10.7. The molecule has 19 heavy (non-hydrogen) atoms. The topological polar surface area (TPSA) is 58.6 Å². The zero-order chi connectivity index (χ0) is 13.8. The van der Waals surface area contributed by atoms with Crippen molar-refractivity contribution in [2.24, 2.45) is 0 Å². The van der Waals surface area contributed by atoms with Gasteiger partial charge in [-0.3, -0.25) is 5.48 Å². The summed E-state index contributed by atoms with van der Waals surface area (Å²) in [5, 5.41) is 9.40. The van der Waals surface area contributed by atoms with Crippen LogP contribution in [0.15, 0.2) is 47.4 Å². The van der Waals surface area contributed by atoms with Gasteiger partial charge in [-0.05, 0) is 49.7 Å². The highest BCUT2D eigenvalue weighted by Gasteiger charge is 2.07. The van der Waals surface area contributed by atoms with Gasteiger partial charge in [0.15, 0.2) is 0 Å². The van der Waals surface area contributed by atoms with Crippen molar-refractivity contribution < 1.29 is 13.6 Å². The van der Waals surface area contributed by atoms with Crippen molar-refractivity contribution >= 4 is 16.8 Å². The van der Waals surface area contributed by atoms with Gasteiger partial charge in [-0.15, -0.1) is 0 Å². The first kappa shape index (κ1) is 13.6. The summed E-state index contributed by atoms with van der Waals surface area (Å²) < 4.78 is 17.0. The van der Waals surface area contributed by atoms with Crippen molar-refractivity contribution in [2.45, 2.75) is 18.7 Å². The Kier molecular flexibility index (Phi) is 4.19. The van der Waals surface area contributed by atoms with E-state index in [0.29, 0.717) is 10.5 Å². The summed E-state index contributed by atoms with van der Waals surface area (Å²) in [5.41, 5.74) is 5.17. The summed E-state index contributed by atoms with van der Waals surface area (Å²) in [5.74, 6) is 0.173. The molecule has 1 unspecified atom stereocenters. The van der Waals surface area contributed by atoms with Crippen LogP contribution in [0.1, 0.15) is 11.1 Å². The van der Waals surface area contributed by atoms with Gasteiger partial charge in [-0.2, -0.15) is 4.28 Å². The Hall–Kier alpha value is -1.85. The van der Waals surface area contributed by atoms with E-state index in [2.05, 4.69) is 5.48 Å². The molecule has 0 saturated heterocycles. The lowest BCUT2D eigenvalue weighted by Crippen LogP contribution is -2.05. The number of hydrogen-bond donors (Lipinski definition) is 2. The molecular weight excluding hydrogens is 262 g/mol. The van der Waals surface area contributed by atoms with E-state index in [0.717, 1.165) is 11.3 Å². The maximum atomic E-state index is 11.9. The Bertz CT molecular complexity index is 596. The number of rotatable bonds is 4. The first-order chi connectivity index (χ1) is 9.06. The molecule has 2 rings (SSSR count). The van der Waals surface area contributed by atoms with Crippen LogP contribution in [-0.4, -0.2) is 9.32 Å². The molecule has 2 aromatic carbocycles. The van der Waals surface area contributed by atoms with Gasteiger partial charge in [0.05, 0.1) is 10.6 Å². The Morgan fingerprint density at radius 3 is 2.42 bits per heavy atom. The number of phenolic OH excluding ortho intramolecular Hbond substituents is 1. The summed E-state index contributed by atoms with van der Waals surface area (Å²) in [7, 11) is 0. The molecule has 5 heteroatoms.